The molecule has 32 heavy (non-hydrogen) atoms. The fraction of sp³-hybridized carbons (Fsp3) is 0. The molecule has 0 saturated heterocycles. The molecule has 6 rings (SSSR count). The fourth-order valence-electron chi connectivity index (χ4n) is 4.57. The molecule has 0 saturated carbocycles. The molecule has 1 aliphatic rings. The molecular weight excluding hydrogens is 386 g/mol. The van der Waals surface area contributed by atoms with E-state index in [9.17, 15) is 0 Å². The Balaban J connectivity index is 1.73. The molecule has 4 aromatic carbocycles. The summed E-state index contributed by atoms with van der Waals surface area (Å²) in [6, 6.07) is 42.6. The van der Waals surface area contributed by atoms with Crippen LogP contribution in [0.25, 0.3) is 33.7 Å². The predicted octanol–water partition coefficient (Wildman–Crippen LogP) is 7.75. The van der Waals surface area contributed by atoms with Crippen molar-refractivity contribution >= 4 is 33.7 Å². The average molecular weight is 408 g/mol. The number of benzene rings is 4. The van der Waals surface area contributed by atoms with Gasteiger partial charge in [0, 0.05) is 16.5 Å². The summed E-state index contributed by atoms with van der Waals surface area (Å²) in [4.78, 5) is 5.17. The summed E-state index contributed by atoms with van der Waals surface area (Å²) in [6.07, 6.45) is 2.28. The second-order valence-electron chi connectivity index (χ2n) is 8.03. The smallest absolute Gasteiger partial charge is 0.0795 e. The van der Waals surface area contributed by atoms with Gasteiger partial charge in [-0.3, -0.25) is 0 Å². The van der Waals surface area contributed by atoms with Crippen molar-refractivity contribution in [3.8, 4) is 0 Å². The zero-order valence-corrected chi connectivity index (χ0v) is 17.6. The Morgan fingerprint density at radius 3 is 1.78 bits per heavy atom. The normalized spacial score (nSPS) is 14.2. The van der Waals surface area contributed by atoms with Crippen molar-refractivity contribution in [1.29, 1.82) is 0 Å². The maximum Gasteiger partial charge on any atom is 0.0795 e. The summed E-state index contributed by atoms with van der Waals surface area (Å²) in [6.45, 7) is 0. The number of fused-ring (bicyclic) bond motifs is 2. The van der Waals surface area contributed by atoms with Crippen LogP contribution < -0.4 is 0 Å². The first-order chi connectivity index (χ1) is 15.9. The Morgan fingerprint density at radius 1 is 0.531 bits per heavy atom. The Morgan fingerprint density at radius 2 is 1.09 bits per heavy atom. The first-order valence-corrected chi connectivity index (χ1v) is 10.9. The zero-order valence-electron chi connectivity index (χ0n) is 17.6. The molecule has 0 amide bonds. The Labute approximate surface area is 188 Å². The van der Waals surface area contributed by atoms with Crippen LogP contribution in [0, 0.1) is 0 Å². The zero-order chi connectivity index (χ0) is 21.3. The molecule has 0 unspecified atom stereocenters. The van der Waals surface area contributed by atoms with Crippen LogP contribution in [0.5, 0.6) is 0 Å². The maximum atomic E-state index is 5.17. The predicted molar refractivity (Wildman–Crippen MR) is 135 cm³/mol. The quantitative estimate of drug-likeness (QED) is 0.298. The van der Waals surface area contributed by atoms with Gasteiger partial charge in [0.25, 0.3) is 0 Å². The summed E-state index contributed by atoms with van der Waals surface area (Å²) in [7, 11) is 0. The minimum absolute atomic E-state index is 1.02. The highest BCUT2D eigenvalue weighted by Crippen LogP contribution is 2.49. The number of hydrogen-bond donors (Lipinski definition) is 0. The lowest BCUT2D eigenvalue weighted by molar-refractivity contribution is 1.35. The molecule has 5 aromatic rings. The van der Waals surface area contributed by atoms with Gasteiger partial charge in [0.15, 0.2) is 0 Å². The van der Waals surface area contributed by atoms with Gasteiger partial charge in [-0.2, -0.15) is 0 Å². The van der Waals surface area contributed by atoms with E-state index < -0.39 is 0 Å². The third-order valence-corrected chi connectivity index (χ3v) is 6.00. The number of rotatable bonds is 3. The maximum absolute atomic E-state index is 5.17. The van der Waals surface area contributed by atoms with Crippen LogP contribution in [0.3, 0.4) is 0 Å². The van der Waals surface area contributed by atoms with Crippen molar-refractivity contribution in [3.05, 3.63) is 149 Å². The molecule has 0 N–H and O–H groups in total. The van der Waals surface area contributed by atoms with E-state index >= 15 is 0 Å². The largest absolute Gasteiger partial charge is 0.247 e. The lowest BCUT2D eigenvalue weighted by Crippen LogP contribution is -1.92. The molecule has 1 heteroatoms. The van der Waals surface area contributed by atoms with Gasteiger partial charge in [0.05, 0.1) is 11.2 Å². The molecule has 1 aromatic heterocycles. The molecule has 0 fully saturated rings. The van der Waals surface area contributed by atoms with E-state index in [-0.39, 0.29) is 0 Å². The molecule has 150 valence electrons. The van der Waals surface area contributed by atoms with Crippen molar-refractivity contribution in [2.24, 2.45) is 0 Å². The van der Waals surface area contributed by atoms with Crippen LogP contribution in [-0.2, 0) is 0 Å². The first-order valence-electron chi connectivity index (χ1n) is 10.9. The SMILES string of the molecule is C(=C1/C(c2ccccc2)=C(c2ccccc2)c2cc3ccccc3nc21)/c1ccccc1. The number of allylic oxidation sites excluding steroid dienone is 2. The lowest BCUT2D eigenvalue weighted by Gasteiger charge is -2.11. The molecule has 0 bridgehead atoms. The molecule has 1 aliphatic carbocycles. The number of pyridine rings is 1. The molecule has 0 atom stereocenters. The van der Waals surface area contributed by atoms with Crippen molar-refractivity contribution in [3.63, 3.8) is 0 Å². The molecule has 1 nitrogen and oxygen atoms in total. The second-order valence-corrected chi connectivity index (χ2v) is 8.03. The van der Waals surface area contributed by atoms with Crippen molar-refractivity contribution < 1.29 is 0 Å². The van der Waals surface area contributed by atoms with Gasteiger partial charge in [-0.15, -0.1) is 0 Å². The topological polar surface area (TPSA) is 12.9 Å². The van der Waals surface area contributed by atoms with Crippen LogP contribution in [-0.4, -0.2) is 4.98 Å². The Hall–Kier alpha value is -4.23. The highest BCUT2D eigenvalue weighted by Gasteiger charge is 2.30. The van der Waals surface area contributed by atoms with E-state index in [1.54, 1.807) is 0 Å². The summed E-state index contributed by atoms with van der Waals surface area (Å²) in [5, 5.41) is 1.16. The van der Waals surface area contributed by atoms with Crippen molar-refractivity contribution in [2.45, 2.75) is 0 Å². The van der Waals surface area contributed by atoms with E-state index in [0.717, 1.165) is 16.6 Å². The standard InChI is InChI=1S/C31H21N/c1-4-12-22(13-5-1)20-26-29(23-14-6-2-7-15-23)30(24-16-8-3-9-17-24)27-21-25-18-10-11-19-28(25)32-31(26)27/h1-21H/b26-20+. The number of aromatic nitrogens is 1. The highest BCUT2D eigenvalue weighted by molar-refractivity contribution is 6.27. The Kier molecular flexibility index (Phi) is 4.51. The van der Waals surface area contributed by atoms with Crippen LogP contribution in [0.2, 0.25) is 0 Å². The molecule has 0 spiro atoms. The van der Waals surface area contributed by atoms with Gasteiger partial charge in [-0.25, -0.2) is 4.98 Å². The minimum Gasteiger partial charge on any atom is -0.247 e. The van der Waals surface area contributed by atoms with E-state index in [2.05, 4.69) is 127 Å². The van der Waals surface area contributed by atoms with Gasteiger partial charge in [-0.1, -0.05) is 109 Å². The lowest BCUT2D eigenvalue weighted by atomic mass is 9.92. The average Bonchev–Trinajstić information content (AvgIpc) is 3.17. The van der Waals surface area contributed by atoms with Crippen LogP contribution >= 0.6 is 0 Å². The number of hydrogen-bond acceptors (Lipinski definition) is 1. The van der Waals surface area contributed by atoms with Crippen molar-refractivity contribution in [1.82, 2.24) is 4.98 Å². The van der Waals surface area contributed by atoms with Crippen LogP contribution in [0.15, 0.2) is 121 Å². The summed E-state index contributed by atoms with van der Waals surface area (Å²) in [5.41, 5.74) is 10.5. The second kappa shape index (κ2) is 7.79. The summed E-state index contributed by atoms with van der Waals surface area (Å²) in [5.74, 6) is 0. The third kappa shape index (κ3) is 3.16. The monoisotopic (exact) mass is 407 g/mol. The van der Waals surface area contributed by atoms with Gasteiger partial charge < -0.3 is 0 Å². The van der Waals surface area contributed by atoms with Gasteiger partial charge in [0.1, 0.15) is 0 Å². The minimum atomic E-state index is 1.02. The van der Waals surface area contributed by atoms with Crippen molar-refractivity contribution in [2.75, 3.05) is 0 Å². The third-order valence-electron chi connectivity index (χ3n) is 6.00. The Bertz CT molecular complexity index is 1480. The molecular formula is C31H21N. The highest BCUT2D eigenvalue weighted by atomic mass is 14.7. The number of nitrogens with zero attached hydrogens (tertiary/aromatic N) is 1. The fourth-order valence-corrected chi connectivity index (χ4v) is 4.57. The summed E-state index contributed by atoms with van der Waals surface area (Å²) < 4.78 is 0. The van der Waals surface area contributed by atoms with E-state index in [4.69, 9.17) is 4.98 Å². The van der Waals surface area contributed by atoms with Gasteiger partial charge in [0.2, 0.25) is 0 Å². The van der Waals surface area contributed by atoms with E-state index in [0.29, 0.717) is 0 Å². The number of para-hydroxylation sites is 1. The first kappa shape index (κ1) is 18.5. The molecule has 0 aliphatic heterocycles. The van der Waals surface area contributed by atoms with Crippen LogP contribution in [0.1, 0.15) is 27.9 Å². The molecule has 0 radical (unpaired) electrons. The van der Waals surface area contributed by atoms with Gasteiger partial charge in [-0.05, 0) is 46.0 Å². The van der Waals surface area contributed by atoms with Gasteiger partial charge >= 0.3 is 0 Å². The molecule has 1 heterocycles. The van der Waals surface area contributed by atoms with E-state index in [1.165, 1.54) is 39.0 Å². The summed E-state index contributed by atoms with van der Waals surface area (Å²) >= 11 is 0. The van der Waals surface area contributed by atoms with Crippen LogP contribution in [0.4, 0.5) is 0 Å². The van der Waals surface area contributed by atoms with E-state index in [1.807, 2.05) is 0 Å².